The van der Waals surface area contributed by atoms with Crippen LogP contribution in [0.1, 0.15) is 31.2 Å². The lowest BCUT2D eigenvalue weighted by molar-refractivity contribution is -0.121. The van der Waals surface area contributed by atoms with Crippen LogP contribution in [-0.4, -0.2) is 28.5 Å². The van der Waals surface area contributed by atoms with E-state index in [0.29, 0.717) is 18.9 Å². The molecule has 23 heavy (non-hydrogen) atoms. The molecule has 0 radical (unpaired) electrons. The van der Waals surface area contributed by atoms with E-state index < -0.39 is 0 Å². The summed E-state index contributed by atoms with van der Waals surface area (Å²) in [5.41, 5.74) is 2.16. The van der Waals surface area contributed by atoms with E-state index >= 15 is 0 Å². The number of rotatable bonds is 6. The first kappa shape index (κ1) is 15.7. The molecule has 1 aliphatic heterocycles. The van der Waals surface area contributed by atoms with Gasteiger partial charge in [0.05, 0.1) is 6.33 Å². The Morgan fingerprint density at radius 2 is 2.22 bits per heavy atom. The van der Waals surface area contributed by atoms with Crippen LogP contribution < -0.4 is 10.6 Å². The van der Waals surface area contributed by atoms with Gasteiger partial charge in [-0.15, -0.1) is 0 Å². The van der Waals surface area contributed by atoms with Gasteiger partial charge >= 0.3 is 0 Å². The molecule has 0 saturated carbocycles. The Hall–Kier alpha value is -2.14. The summed E-state index contributed by atoms with van der Waals surface area (Å²) in [6.07, 6.45) is 9.47. The van der Waals surface area contributed by atoms with Gasteiger partial charge in [-0.2, -0.15) is 0 Å². The molecule has 5 nitrogen and oxygen atoms in total. The highest BCUT2D eigenvalue weighted by molar-refractivity contribution is 5.75. The summed E-state index contributed by atoms with van der Waals surface area (Å²) in [5, 5.41) is 6.39. The highest BCUT2D eigenvalue weighted by atomic mass is 16.1. The fraction of sp³-hybridized carbons (Fsp3) is 0.444. The Morgan fingerprint density at radius 1 is 1.35 bits per heavy atom. The fourth-order valence-electron chi connectivity index (χ4n) is 3.03. The minimum absolute atomic E-state index is 0.150. The summed E-state index contributed by atoms with van der Waals surface area (Å²) in [6, 6.07) is 8.15. The molecule has 1 saturated heterocycles. The van der Waals surface area contributed by atoms with Gasteiger partial charge in [-0.05, 0) is 56.0 Å². The molecule has 1 amide bonds. The third-order valence-corrected chi connectivity index (χ3v) is 4.44. The van der Waals surface area contributed by atoms with Gasteiger partial charge in [-0.25, -0.2) is 4.98 Å². The molecule has 0 atom stereocenters. The quantitative estimate of drug-likeness (QED) is 0.860. The van der Waals surface area contributed by atoms with Crippen LogP contribution in [0.4, 0.5) is 0 Å². The number of piperidine rings is 1. The summed E-state index contributed by atoms with van der Waals surface area (Å²) in [4.78, 5) is 16.1. The standard InChI is InChI=1S/C18H24N4O/c23-18(5-4-15-6-8-19-9-7-15)21-13-16-2-1-3-17(12-16)22-11-10-20-14-22/h1-3,10-12,14-15,19H,4-9,13H2,(H,21,23). The SMILES string of the molecule is O=C(CCC1CCNCC1)NCc1cccc(-n2ccnc2)c1. The maximum atomic E-state index is 12.0. The Balaban J connectivity index is 1.46. The predicted molar refractivity (Wildman–Crippen MR) is 90.2 cm³/mol. The van der Waals surface area contributed by atoms with E-state index in [2.05, 4.69) is 21.7 Å². The molecule has 5 heteroatoms. The number of aromatic nitrogens is 2. The van der Waals surface area contributed by atoms with Crippen molar-refractivity contribution in [1.82, 2.24) is 20.2 Å². The van der Waals surface area contributed by atoms with Crippen LogP contribution in [0.15, 0.2) is 43.0 Å². The van der Waals surface area contributed by atoms with Gasteiger partial charge < -0.3 is 15.2 Å². The molecule has 1 aliphatic rings. The average Bonchev–Trinajstić information content (AvgIpc) is 3.14. The van der Waals surface area contributed by atoms with Crippen molar-refractivity contribution in [3.8, 4) is 5.69 Å². The van der Waals surface area contributed by atoms with Crippen molar-refractivity contribution in [3.05, 3.63) is 48.5 Å². The van der Waals surface area contributed by atoms with E-state index in [1.54, 1.807) is 12.5 Å². The molecule has 0 unspecified atom stereocenters. The topological polar surface area (TPSA) is 59.0 Å². The average molecular weight is 312 g/mol. The van der Waals surface area contributed by atoms with Crippen molar-refractivity contribution in [1.29, 1.82) is 0 Å². The predicted octanol–water partition coefficient (Wildman–Crippen LogP) is 2.27. The van der Waals surface area contributed by atoms with Crippen LogP contribution >= 0.6 is 0 Å². The summed E-state index contributed by atoms with van der Waals surface area (Å²) in [6.45, 7) is 2.76. The number of amides is 1. The minimum Gasteiger partial charge on any atom is -0.352 e. The van der Waals surface area contributed by atoms with Crippen molar-refractivity contribution in [3.63, 3.8) is 0 Å². The zero-order chi connectivity index (χ0) is 15.9. The molecule has 2 N–H and O–H groups in total. The summed E-state index contributed by atoms with van der Waals surface area (Å²) < 4.78 is 1.96. The second kappa shape index (κ2) is 7.92. The van der Waals surface area contributed by atoms with Gasteiger partial charge in [-0.3, -0.25) is 4.79 Å². The highest BCUT2D eigenvalue weighted by Crippen LogP contribution is 2.17. The van der Waals surface area contributed by atoms with E-state index in [1.165, 1.54) is 12.8 Å². The number of nitrogens with one attached hydrogen (secondary N) is 2. The number of carbonyl (C=O) groups excluding carboxylic acids is 1. The van der Waals surface area contributed by atoms with Crippen molar-refractivity contribution < 1.29 is 4.79 Å². The summed E-state index contributed by atoms with van der Waals surface area (Å²) >= 11 is 0. The number of hydrogen-bond donors (Lipinski definition) is 2. The second-order valence-corrected chi connectivity index (χ2v) is 6.15. The summed E-state index contributed by atoms with van der Waals surface area (Å²) in [7, 11) is 0. The van der Waals surface area contributed by atoms with Crippen LogP contribution in [0.5, 0.6) is 0 Å². The smallest absolute Gasteiger partial charge is 0.220 e. The normalized spacial score (nSPS) is 15.5. The lowest BCUT2D eigenvalue weighted by Crippen LogP contribution is -2.29. The zero-order valence-electron chi connectivity index (χ0n) is 13.4. The molecule has 2 heterocycles. The molecule has 0 aliphatic carbocycles. The number of carbonyl (C=O) groups is 1. The highest BCUT2D eigenvalue weighted by Gasteiger charge is 2.14. The first-order valence-electron chi connectivity index (χ1n) is 8.36. The van der Waals surface area contributed by atoms with E-state index in [-0.39, 0.29) is 5.91 Å². The molecule has 0 spiro atoms. The monoisotopic (exact) mass is 312 g/mol. The lowest BCUT2D eigenvalue weighted by atomic mass is 9.93. The van der Waals surface area contributed by atoms with Crippen LogP contribution in [0.2, 0.25) is 0 Å². The number of nitrogens with zero attached hydrogens (tertiary/aromatic N) is 2. The Kier molecular flexibility index (Phi) is 5.42. The van der Waals surface area contributed by atoms with Crippen molar-refractivity contribution in [2.45, 2.75) is 32.2 Å². The molecule has 1 aromatic heterocycles. The van der Waals surface area contributed by atoms with Crippen LogP contribution in [0.3, 0.4) is 0 Å². The molecule has 0 bridgehead atoms. The van der Waals surface area contributed by atoms with Gasteiger partial charge in [0.1, 0.15) is 0 Å². The molecule has 1 aromatic carbocycles. The van der Waals surface area contributed by atoms with Gasteiger partial charge in [0.15, 0.2) is 0 Å². The van der Waals surface area contributed by atoms with Crippen molar-refractivity contribution in [2.75, 3.05) is 13.1 Å². The maximum absolute atomic E-state index is 12.0. The van der Waals surface area contributed by atoms with Gasteiger partial charge in [0.2, 0.25) is 5.91 Å². The van der Waals surface area contributed by atoms with E-state index in [4.69, 9.17) is 0 Å². The van der Waals surface area contributed by atoms with E-state index in [9.17, 15) is 4.79 Å². The second-order valence-electron chi connectivity index (χ2n) is 6.15. The van der Waals surface area contributed by atoms with Crippen molar-refractivity contribution >= 4 is 5.91 Å². The number of benzene rings is 1. The third-order valence-electron chi connectivity index (χ3n) is 4.44. The minimum atomic E-state index is 0.150. The molecule has 1 fully saturated rings. The molecular formula is C18H24N4O. The van der Waals surface area contributed by atoms with Gasteiger partial charge in [-0.1, -0.05) is 12.1 Å². The lowest BCUT2D eigenvalue weighted by Gasteiger charge is -2.22. The maximum Gasteiger partial charge on any atom is 0.220 e. The van der Waals surface area contributed by atoms with E-state index in [0.717, 1.165) is 30.8 Å². The summed E-state index contributed by atoms with van der Waals surface area (Å²) in [5.74, 6) is 0.850. The molecule has 2 aromatic rings. The van der Waals surface area contributed by atoms with E-state index in [1.807, 2.05) is 29.0 Å². The fourth-order valence-corrected chi connectivity index (χ4v) is 3.03. The Morgan fingerprint density at radius 3 is 3.00 bits per heavy atom. The number of imidazole rings is 1. The van der Waals surface area contributed by atoms with Crippen LogP contribution in [0.25, 0.3) is 5.69 Å². The largest absolute Gasteiger partial charge is 0.352 e. The van der Waals surface area contributed by atoms with Gasteiger partial charge in [0, 0.05) is 31.0 Å². The molecular weight excluding hydrogens is 288 g/mol. The first-order chi connectivity index (χ1) is 11.3. The third kappa shape index (κ3) is 4.66. The van der Waals surface area contributed by atoms with Crippen LogP contribution in [-0.2, 0) is 11.3 Å². The Bertz CT molecular complexity index is 618. The zero-order valence-corrected chi connectivity index (χ0v) is 13.4. The van der Waals surface area contributed by atoms with Gasteiger partial charge in [0.25, 0.3) is 0 Å². The molecule has 3 rings (SSSR count). The molecule has 122 valence electrons. The van der Waals surface area contributed by atoms with Crippen LogP contribution in [0, 0.1) is 5.92 Å². The Labute approximate surface area is 137 Å². The van der Waals surface area contributed by atoms with Crippen molar-refractivity contribution in [2.24, 2.45) is 5.92 Å². The number of hydrogen-bond acceptors (Lipinski definition) is 3. The first-order valence-corrected chi connectivity index (χ1v) is 8.36.